The van der Waals surface area contributed by atoms with E-state index in [1.807, 2.05) is 6.92 Å². The number of alkyl halides is 2. The zero-order chi connectivity index (χ0) is 15.6. The molecule has 2 aromatic rings. The molecule has 0 saturated heterocycles. The van der Waals surface area contributed by atoms with E-state index in [-0.39, 0.29) is 5.16 Å². The summed E-state index contributed by atoms with van der Waals surface area (Å²) in [7, 11) is 0. The van der Waals surface area contributed by atoms with Crippen LogP contribution in [0.3, 0.4) is 0 Å². The van der Waals surface area contributed by atoms with Crippen LogP contribution in [0.15, 0.2) is 23.6 Å². The fourth-order valence-electron chi connectivity index (χ4n) is 1.58. The predicted octanol–water partition coefficient (Wildman–Crippen LogP) is 3.94. The zero-order valence-electron chi connectivity index (χ0n) is 11.3. The molecule has 0 bridgehead atoms. The molecule has 21 heavy (non-hydrogen) atoms. The summed E-state index contributed by atoms with van der Waals surface area (Å²) >= 11 is 7.16. The number of thioether (sulfide) groups is 1. The summed E-state index contributed by atoms with van der Waals surface area (Å²) in [5, 5.41) is 9.99. The molecule has 0 aliphatic rings. The Bertz CT molecular complexity index is 644. The van der Waals surface area contributed by atoms with Gasteiger partial charge >= 0.3 is 0 Å². The minimum atomic E-state index is -3.14. The second kappa shape index (κ2) is 6.11. The first-order chi connectivity index (χ1) is 9.77. The molecular formula is C13H12ClF2N3OS. The van der Waals surface area contributed by atoms with E-state index >= 15 is 0 Å². The number of halogens is 3. The highest BCUT2D eigenvalue weighted by Crippen LogP contribution is 2.31. The first-order valence-corrected chi connectivity index (χ1v) is 7.32. The molecule has 0 amide bonds. The molecule has 0 aliphatic carbocycles. The van der Waals surface area contributed by atoms with Gasteiger partial charge in [-0.15, -0.1) is 0 Å². The van der Waals surface area contributed by atoms with Gasteiger partial charge in [0.15, 0.2) is 5.16 Å². The maximum Gasteiger partial charge on any atom is 0.287 e. The number of hydrogen-bond donors (Lipinski definition) is 1. The Balaban J connectivity index is 2.23. The molecule has 112 valence electrons. The van der Waals surface area contributed by atoms with Crippen LogP contribution in [-0.4, -0.2) is 20.1 Å². The van der Waals surface area contributed by atoms with Crippen molar-refractivity contribution in [2.24, 2.45) is 0 Å². The average Bonchev–Trinajstić information content (AvgIpc) is 2.36. The molecule has 2 aromatic heterocycles. The van der Waals surface area contributed by atoms with Gasteiger partial charge in [-0.3, -0.25) is 4.98 Å². The lowest BCUT2D eigenvalue weighted by molar-refractivity contribution is 0.0116. The smallest absolute Gasteiger partial charge is 0.287 e. The molecule has 0 fully saturated rings. The SMILES string of the molecule is Cc1cncc(Cl)c1CSc1nc(O)cc(C(C)(F)F)n1. The van der Waals surface area contributed by atoms with Gasteiger partial charge in [-0.1, -0.05) is 23.4 Å². The van der Waals surface area contributed by atoms with Crippen LogP contribution in [0.2, 0.25) is 5.02 Å². The van der Waals surface area contributed by atoms with Gasteiger partial charge in [0.05, 0.1) is 5.02 Å². The molecule has 0 atom stereocenters. The summed E-state index contributed by atoms with van der Waals surface area (Å²) in [6, 6.07) is 0.856. The Kier molecular flexibility index (Phi) is 4.63. The van der Waals surface area contributed by atoms with Gasteiger partial charge in [0.2, 0.25) is 5.88 Å². The first kappa shape index (κ1) is 15.9. The highest BCUT2D eigenvalue weighted by Gasteiger charge is 2.27. The molecule has 4 nitrogen and oxygen atoms in total. The summed E-state index contributed by atoms with van der Waals surface area (Å²) in [4.78, 5) is 11.4. The molecule has 8 heteroatoms. The van der Waals surface area contributed by atoms with Crippen LogP contribution in [0.4, 0.5) is 8.78 Å². The average molecular weight is 332 g/mol. The molecule has 0 saturated carbocycles. The number of pyridine rings is 1. The third-order valence-electron chi connectivity index (χ3n) is 2.71. The number of nitrogens with zero attached hydrogens (tertiary/aromatic N) is 3. The van der Waals surface area contributed by atoms with E-state index in [0.29, 0.717) is 17.7 Å². The molecule has 0 aromatic carbocycles. The van der Waals surface area contributed by atoms with Crippen molar-refractivity contribution in [2.75, 3.05) is 0 Å². The van der Waals surface area contributed by atoms with Crippen LogP contribution in [0, 0.1) is 6.92 Å². The molecule has 2 rings (SSSR count). The van der Waals surface area contributed by atoms with Crippen molar-refractivity contribution in [3.63, 3.8) is 0 Å². The van der Waals surface area contributed by atoms with Crippen LogP contribution < -0.4 is 0 Å². The first-order valence-electron chi connectivity index (χ1n) is 5.95. The monoisotopic (exact) mass is 331 g/mol. The summed E-state index contributed by atoms with van der Waals surface area (Å²) < 4.78 is 26.5. The quantitative estimate of drug-likeness (QED) is 0.679. The van der Waals surface area contributed by atoms with Crippen LogP contribution in [0.25, 0.3) is 0 Å². The van der Waals surface area contributed by atoms with Crippen LogP contribution in [0.1, 0.15) is 23.7 Å². The Morgan fingerprint density at radius 2 is 2.05 bits per heavy atom. The summed E-state index contributed by atoms with van der Waals surface area (Å²) in [6.07, 6.45) is 3.18. The highest BCUT2D eigenvalue weighted by atomic mass is 35.5. The topological polar surface area (TPSA) is 58.9 Å². The number of hydrogen-bond acceptors (Lipinski definition) is 5. The van der Waals surface area contributed by atoms with Gasteiger partial charge in [-0.25, -0.2) is 4.98 Å². The van der Waals surface area contributed by atoms with Gasteiger partial charge in [0.25, 0.3) is 5.92 Å². The lowest BCUT2D eigenvalue weighted by atomic mass is 10.2. The van der Waals surface area contributed by atoms with E-state index in [0.717, 1.165) is 29.0 Å². The maximum absolute atomic E-state index is 13.3. The molecule has 0 radical (unpaired) electrons. The maximum atomic E-state index is 13.3. The van der Waals surface area contributed by atoms with Crippen LogP contribution >= 0.6 is 23.4 Å². The third kappa shape index (κ3) is 4.01. The van der Waals surface area contributed by atoms with Crippen LogP contribution in [0.5, 0.6) is 5.88 Å². The number of aromatic hydroxyl groups is 1. The molecule has 0 aliphatic heterocycles. The molecule has 0 unspecified atom stereocenters. The lowest BCUT2D eigenvalue weighted by Crippen LogP contribution is -2.10. The van der Waals surface area contributed by atoms with E-state index in [4.69, 9.17) is 11.6 Å². The Morgan fingerprint density at radius 3 is 2.67 bits per heavy atom. The van der Waals surface area contributed by atoms with Gasteiger partial charge in [-0.05, 0) is 18.1 Å². The van der Waals surface area contributed by atoms with Crippen molar-refractivity contribution >= 4 is 23.4 Å². The standard InChI is InChI=1S/C13H12ClF2N3OS/c1-7-4-17-5-9(14)8(7)6-21-12-18-10(13(2,15)16)3-11(20)19-12/h3-5H,6H2,1-2H3,(H,18,19,20). The van der Waals surface area contributed by atoms with Crippen molar-refractivity contribution in [3.8, 4) is 5.88 Å². The summed E-state index contributed by atoms with van der Waals surface area (Å²) in [5.74, 6) is -3.23. The zero-order valence-corrected chi connectivity index (χ0v) is 12.8. The minimum Gasteiger partial charge on any atom is -0.493 e. The van der Waals surface area contributed by atoms with Gasteiger partial charge < -0.3 is 5.11 Å². The fraction of sp³-hybridized carbons (Fsp3) is 0.308. The summed E-state index contributed by atoms with van der Waals surface area (Å²) in [5.41, 5.74) is 1.19. The molecular weight excluding hydrogens is 320 g/mol. The van der Waals surface area contributed by atoms with Crippen molar-refractivity contribution in [2.45, 2.75) is 30.7 Å². The van der Waals surface area contributed by atoms with E-state index in [2.05, 4.69) is 15.0 Å². The highest BCUT2D eigenvalue weighted by molar-refractivity contribution is 7.98. The third-order valence-corrected chi connectivity index (χ3v) is 3.91. The van der Waals surface area contributed by atoms with Gasteiger partial charge in [-0.2, -0.15) is 13.8 Å². The number of aryl methyl sites for hydroxylation is 1. The molecule has 1 N–H and O–H groups in total. The van der Waals surface area contributed by atoms with E-state index in [1.165, 1.54) is 6.20 Å². The van der Waals surface area contributed by atoms with Crippen molar-refractivity contribution in [1.82, 2.24) is 15.0 Å². The Labute approximate surface area is 129 Å². The Morgan fingerprint density at radius 1 is 1.33 bits per heavy atom. The van der Waals surface area contributed by atoms with E-state index in [1.54, 1.807) is 6.20 Å². The normalized spacial score (nSPS) is 11.7. The number of aromatic nitrogens is 3. The predicted molar refractivity (Wildman–Crippen MR) is 76.8 cm³/mol. The van der Waals surface area contributed by atoms with E-state index < -0.39 is 17.5 Å². The molecule has 2 heterocycles. The van der Waals surface area contributed by atoms with E-state index in [9.17, 15) is 13.9 Å². The second-order valence-electron chi connectivity index (χ2n) is 4.49. The van der Waals surface area contributed by atoms with Crippen molar-refractivity contribution in [1.29, 1.82) is 0 Å². The number of rotatable bonds is 4. The fourth-order valence-corrected chi connectivity index (χ4v) is 2.91. The largest absolute Gasteiger partial charge is 0.493 e. The van der Waals surface area contributed by atoms with Crippen molar-refractivity contribution in [3.05, 3.63) is 40.3 Å². The van der Waals surface area contributed by atoms with Crippen molar-refractivity contribution < 1.29 is 13.9 Å². The second-order valence-corrected chi connectivity index (χ2v) is 5.84. The lowest BCUT2D eigenvalue weighted by Gasteiger charge is -2.11. The Hall–Kier alpha value is -1.47. The minimum absolute atomic E-state index is 0.0683. The van der Waals surface area contributed by atoms with Crippen LogP contribution in [-0.2, 0) is 11.7 Å². The van der Waals surface area contributed by atoms with Gasteiger partial charge in [0.1, 0.15) is 5.69 Å². The van der Waals surface area contributed by atoms with Gasteiger partial charge in [0, 0.05) is 31.1 Å². The molecule has 0 spiro atoms. The summed E-state index contributed by atoms with van der Waals surface area (Å²) in [6.45, 7) is 2.57.